The zero-order valence-electron chi connectivity index (χ0n) is 17.4. The SMILES string of the molecule is O=C1C(=O)N(Cc2ccc(F)cc2)C(c2ccccn2)/C1=C(/O)c1ccc2c(c1)OCCO2. The number of carbonyl (C=O) groups is 2. The number of likely N-dealkylation sites (tertiary alicyclic amines) is 1. The van der Waals surface area contributed by atoms with Gasteiger partial charge < -0.3 is 19.5 Å². The van der Waals surface area contributed by atoms with E-state index < -0.39 is 23.5 Å². The van der Waals surface area contributed by atoms with Crippen molar-refractivity contribution in [2.45, 2.75) is 12.6 Å². The Balaban J connectivity index is 1.61. The van der Waals surface area contributed by atoms with E-state index in [2.05, 4.69) is 4.98 Å². The van der Waals surface area contributed by atoms with Gasteiger partial charge in [-0.25, -0.2) is 4.39 Å². The number of carbonyl (C=O) groups excluding carboxylic acids is 2. The summed E-state index contributed by atoms with van der Waals surface area (Å²) in [6.07, 6.45) is 1.55. The van der Waals surface area contributed by atoms with Crippen LogP contribution in [0.5, 0.6) is 11.5 Å². The third-order valence-electron chi connectivity index (χ3n) is 5.59. The minimum absolute atomic E-state index is 0.0456. The van der Waals surface area contributed by atoms with Gasteiger partial charge in [0, 0.05) is 18.3 Å². The van der Waals surface area contributed by atoms with Crippen LogP contribution >= 0.6 is 0 Å². The van der Waals surface area contributed by atoms with Crippen molar-refractivity contribution in [1.29, 1.82) is 0 Å². The van der Waals surface area contributed by atoms with Crippen LogP contribution in [0.25, 0.3) is 5.76 Å². The Morgan fingerprint density at radius 1 is 1.03 bits per heavy atom. The molecule has 0 aliphatic carbocycles. The summed E-state index contributed by atoms with van der Waals surface area (Å²) < 4.78 is 24.4. The molecule has 3 aromatic rings. The molecule has 1 fully saturated rings. The molecule has 0 spiro atoms. The Morgan fingerprint density at radius 2 is 1.79 bits per heavy atom. The van der Waals surface area contributed by atoms with Crippen molar-refractivity contribution in [2.75, 3.05) is 13.2 Å². The molecule has 0 saturated carbocycles. The van der Waals surface area contributed by atoms with E-state index in [0.717, 1.165) is 0 Å². The zero-order chi connectivity index (χ0) is 22.9. The van der Waals surface area contributed by atoms with Crippen LogP contribution in [0.4, 0.5) is 4.39 Å². The monoisotopic (exact) mass is 446 g/mol. The van der Waals surface area contributed by atoms with E-state index in [0.29, 0.717) is 41.5 Å². The van der Waals surface area contributed by atoms with Crippen molar-refractivity contribution in [3.63, 3.8) is 0 Å². The fourth-order valence-electron chi connectivity index (χ4n) is 4.02. The first kappa shape index (κ1) is 20.7. The number of hydrogen-bond acceptors (Lipinski definition) is 6. The molecule has 0 bridgehead atoms. The maximum absolute atomic E-state index is 13.4. The molecule has 1 aromatic heterocycles. The van der Waals surface area contributed by atoms with Crippen LogP contribution < -0.4 is 9.47 Å². The summed E-state index contributed by atoms with van der Waals surface area (Å²) in [5.74, 6) is -1.34. The maximum atomic E-state index is 13.4. The smallest absolute Gasteiger partial charge is 0.296 e. The van der Waals surface area contributed by atoms with Gasteiger partial charge >= 0.3 is 0 Å². The van der Waals surface area contributed by atoms with Gasteiger partial charge in [0.1, 0.15) is 30.8 Å². The van der Waals surface area contributed by atoms with Crippen molar-refractivity contribution in [3.8, 4) is 11.5 Å². The predicted molar refractivity (Wildman–Crippen MR) is 116 cm³/mol. The lowest BCUT2D eigenvalue weighted by molar-refractivity contribution is -0.140. The Labute approximate surface area is 188 Å². The lowest BCUT2D eigenvalue weighted by Crippen LogP contribution is -2.29. The van der Waals surface area contributed by atoms with Gasteiger partial charge in [-0.15, -0.1) is 0 Å². The van der Waals surface area contributed by atoms with E-state index in [1.54, 1.807) is 54.7 Å². The van der Waals surface area contributed by atoms with Crippen LogP contribution in [-0.4, -0.2) is 39.9 Å². The highest BCUT2D eigenvalue weighted by Crippen LogP contribution is 2.41. The number of halogens is 1. The molecule has 8 heteroatoms. The molecular weight excluding hydrogens is 427 g/mol. The first-order valence-corrected chi connectivity index (χ1v) is 10.4. The molecular formula is C25H19FN2O5. The molecule has 2 aliphatic heterocycles. The van der Waals surface area contributed by atoms with E-state index in [9.17, 15) is 19.1 Å². The van der Waals surface area contributed by atoms with Crippen LogP contribution in [0.3, 0.4) is 0 Å². The number of ether oxygens (including phenoxy) is 2. The number of hydrogen-bond donors (Lipinski definition) is 1. The van der Waals surface area contributed by atoms with Crippen molar-refractivity contribution in [1.82, 2.24) is 9.88 Å². The summed E-state index contributed by atoms with van der Waals surface area (Å²) in [5.41, 5.74) is 1.31. The summed E-state index contributed by atoms with van der Waals surface area (Å²) in [7, 11) is 0. The quantitative estimate of drug-likeness (QED) is 0.374. The number of benzene rings is 2. The highest BCUT2D eigenvalue weighted by atomic mass is 19.1. The Kier molecular flexibility index (Phi) is 5.26. The Hall–Kier alpha value is -4.20. The number of pyridine rings is 1. The van der Waals surface area contributed by atoms with E-state index in [-0.39, 0.29) is 17.9 Å². The second-order valence-electron chi connectivity index (χ2n) is 7.67. The van der Waals surface area contributed by atoms with Gasteiger partial charge in [-0.2, -0.15) is 0 Å². The minimum Gasteiger partial charge on any atom is -0.507 e. The van der Waals surface area contributed by atoms with Crippen LogP contribution in [-0.2, 0) is 16.1 Å². The maximum Gasteiger partial charge on any atom is 0.296 e. The fourth-order valence-corrected chi connectivity index (χ4v) is 4.02. The summed E-state index contributed by atoms with van der Waals surface area (Å²) in [4.78, 5) is 31.8. The molecule has 3 heterocycles. The molecule has 7 nitrogen and oxygen atoms in total. The third kappa shape index (κ3) is 3.80. The minimum atomic E-state index is -0.913. The number of Topliss-reactive ketones (excluding diaryl/α,β-unsaturated/α-hetero) is 1. The average Bonchev–Trinajstić information content (AvgIpc) is 3.10. The number of nitrogens with zero attached hydrogens (tertiary/aromatic N) is 2. The van der Waals surface area contributed by atoms with Crippen LogP contribution in [0, 0.1) is 5.82 Å². The topological polar surface area (TPSA) is 89.0 Å². The molecule has 166 valence electrons. The lowest BCUT2D eigenvalue weighted by atomic mass is 9.98. The number of aliphatic hydroxyl groups excluding tert-OH is 1. The van der Waals surface area contributed by atoms with Gasteiger partial charge in [0.25, 0.3) is 11.7 Å². The molecule has 1 saturated heterocycles. The Morgan fingerprint density at radius 3 is 2.52 bits per heavy atom. The van der Waals surface area contributed by atoms with Gasteiger partial charge in [-0.1, -0.05) is 18.2 Å². The molecule has 0 radical (unpaired) electrons. The molecule has 33 heavy (non-hydrogen) atoms. The van der Waals surface area contributed by atoms with E-state index in [4.69, 9.17) is 9.47 Å². The molecule has 1 N–H and O–H groups in total. The summed E-state index contributed by atoms with van der Waals surface area (Å²) in [6.45, 7) is 0.837. The van der Waals surface area contributed by atoms with E-state index >= 15 is 0 Å². The second kappa shape index (κ2) is 8.38. The third-order valence-corrected chi connectivity index (χ3v) is 5.59. The number of aromatic nitrogens is 1. The van der Waals surface area contributed by atoms with Gasteiger partial charge in [-0.05, 0) is 48.0 Å². The molecule has 1 unspecified atom stereocenters. The van der Waals surface area contributed by atoms with E-state index in [1.165, 1.54) is 17.0 Å². The van der Waals surface area contributed by atoms with Gasteiger partial charge in [-0.3, -0.25) is 14.6 Å². The number of amides is 1. The molecule has 5 rings (SSSR count). The largest absolute Gasteiger partial charge is 0.507 e. The number of ketones is 1. The zero-order valence-corrected chi connectivity index (χ0v) is 17.4. The molecule has 2 aromatic carbocycles. The normalized spacial score (nSPS) is 19.1. The first-order valence-electron chi connectivity index (χ1n) is 10.4. The second-order valence-corrected chi connectivity index (χ2v) is 7.67. The summed E-state index contributed by atoms with van der Waals surface area (Å²) >= 11 is 0. The fraction of sp³-hybridized carbons (Fsp3) is 0.160. The number of fused-ring (bicyclic) bond motifs is 1. The van der Waals surface area contributed by atoms with Gasteiger partial charge in [0.05, 0.1) is 11.3 Å². The molecule has 2 aliphatic rings. The Bertz CT molecular complexity index is 1260. The predicted octanol–water partition coefficient (Wildman–Crippen LogP) is 3.61. The standard InChI is InChI=1S/C25H19FN2O5/c26-17-7-4-15(5-8-17)14-28-22(18-3-1-2-10-27-18)21(24(30)25(28)31)23(29)16-6-9-19-20(13-16)33-12-11-32-19/h1-10,13,22,29H,11-12,14H2/b23-21-. The summed E-state index contributed by atoms with van der Waals surface area (Å²) in [6, 6.07) is 14.7. The number of aliphatic hydroxyl groups is 1. The molecule has 1 atom stereocenters. The van der Waals surface area contributed by atoms with Crippen molar-refractivity contribution < 1.29 is 28.6 Å². The van der Waals surface area contributed by atoms with Crippen LogP contribution in [0.1, 0.15) is 22.9 Å². The summed E-state index contributed by atoms with van der Waals surface area (Å²) in [5, 5.41) is 11.2. The average molecular weight is 446 g/mol. The highest BCUT2D eigenvalue weighted by molar-refractivity contribution is 6.46. The van der Waals surface area contributed by atoms with Gasteiger partial charge in [0.2, 0.25) is 0 Å². The van der Waals surface area contributed by atoms with Crippen LogP contribution in [0.15, 0.2) is 72.4 Å². The highest BCUT2D eigenvalue weighted by Gasteiger charge is 2.46. The molecule has 1 amide bonds. The van der Waals surface area contributed by atoms with Crippen molar-refractivity contribution in [2.24, 2.45) is 0 Å². The van der Waals surface area contributed by atoms with Crippen molar-refractivity contribution >= 4 is 17.4 Å². The number of rotatable bonds is 4. The van der Waals surface area contributed by atoms with Gasteiger partial charge in [0.15, 0.2) is 11.5 Å². The lowest BCUT2D eigenvalue weighted by Gasteiger charge is -2.24. The van der Waals surface area contributed by atoms with Crippen molar-refractivity contribution in [3.05, 3.63) is 95.1 Å². The van der Waals surface area contributed by atoms with Crippen LogP contribution in [0.2, 0.25) is 0 Å². The first-order chi connectivity index (χ1) is 16.0. The van der Waals surface area contributed by atoms with E-state index in [1.807, 2.05) is 0 Å².